The van der Waals surface area contributed by atoms with E-state index in [4.69, 9.17) is 0 Å². The van der Waals surface area contributed by atoms with Crippen molar-refractivity contribution < 1.29 is 9.59 Å². The van der Waals surface area contributed by atoms with Gasteiger partial charge < -0.3 is 9.80 Å². The summed E-state index contributed by atoms with van der Waals surface area (Å²) in [5.74, 6) is 0.483. The molecule has 5 nitrogen and oxygen atoms in total. The first-order chi connectivity index (χ1) is 11.5. The molecule has 0 bridgehead atoms. The summed E-state index contributed by atoms with van der Waals surface area (Å²) >= 11 is 0. The zero-order valence-corrected chi connectivity index (χ0v) is 15.1. The Balaban J connectivity index is 1.82. The molecule has 132 valence electrons. The number of benzene rings is 1. The van der Waals surface area contributed by atoms with Crippen LogP contribution < -0.4 is 0 Å². The van der Waals surface area contributed by atoms with E-state index < -0.39 is 0 Å². The predicted octanol–water partition coefficient (Wildman–Crippen LogP) is 1.84. The Kier molecular flexibility index (Phi) is 6.79. The number of likely N-dealkylation sites (tertiary alicyclic amines) is 1. The number of likely N-dealkylation sites (N-methyl/N-ethyl adjacent to an activating group) is 1. The lowest BCUT2D eigenvalue weighted by Gasteiger charge is -2.33. The summed E-state index contributed by atoms with van der Waals surface area (Å²) in [6, 6.07) is 10.1. The first-order valence-electron chi connectivity index (χ1n) is 8.76. The number of carbonyl (C=O) groups is 2. The van der Waals surface area contributed by atoms with E-state index in [1.807, 2.05) is 42.2 Å². The summed E-state index contributed by atoms with van der Waals surface area (Å²) in [5.41, 5.74) is 1.16. The first kappa shape index (κ1) is 18.5. The fraction of sp³-hybridized carbons (Fsp3) is 0.579. The highest BCUT2D eigenvalue weighted by Crippen LogP contribution is 2.19. The SMILES string of the molecule is CCN(Cc1ccccc1)C(=O)CN1CCC(C(=O)N(C)C)CC1. The van der Waals surface area contributed by atoms with Gasteiger partial charge in [-0.05, 0) is 38.4 Å². The maximum Gasteiger partial charge on any atom is 0.237 e. The van der Waals surface area contributed by atoms with Crippen LogP contribution in [0.15, 0.2) is 30.3 Å². The largest absolute Gasteiger partial charge is 0.349 e. The third-order valence-corrected chi connectivity index (χ3v) is 4.69. The molecule has 1 aliphatic heterocycles. The van der Waals surface area contributed by atoms with Crippen LogP contribution in [0.4, 0.5) is 0 Å². The normalized spacial score (nSPS) is 16.0. The van der Waals surface area contributed by atoms with Gasteiger partial charge in [0.15, 0.2) is 0 Å². The number of hydrogen-bond acceptors (Lipinski definition) is 3. The first-order valence-corrected chi connectivity index (χ1v) is 8.76. The van der Waals surface area contributed by atoms with Crippen LogP contribution in [0.1, 0.15) is 25.3 Å². The molecule has 0 N–H and O–H groups in total. The second kappa shape index (κ2) is 8.83. The molecule has 2 rings (SSSR count). The van der Waals surface area contributed by atoms with Crippen molar-refractivity contribution in [3.05, 3.63) is 35.9 Å². The molecular weight excluding hydrogens is 302 g/mol. The fourth-order valence-electron chi connectivity index (χ4n) is 3.17. The molecule has 24 heavy (non-hydrogen) atoms. The summed E-state index contributed by atoms with van der Waals surface area (Å²) in [6.45, 7) is 5.47. The van der Waals surface area contributed by atoms with Gasteiger partial charge in [-0.15, -0.1) is 0 Å². The number of amides is 2. The van der Waals surface area contributed by atoms with Gasteiger partial charge in [0, 0.05) is 33.1 Å². The van der Waals surface area contributed by atoms with E-state index in [2.05, 4.69) is 4.90 Å². The van der Waals surface area contributed by atoms with Crippen molar-refractivity contribution in [2.75, 3.05) is 40.3 Å². The fourth-order valence-corrected chi connectivity index (χ4v) is 3.17. The Hall–Kier alpha value is -1.88. The molecular formula is C19H29N3O2. The van der Waals surface area contributed by atoms with E-state index in [1.54, 1.807) is 19.0 Å². The lowest BCUT2D eigenvalue weighted by molar-refractivity contribution is -0.135. The van der Waals surface area contributed by atoms with Gasteiger partial charge in [0.25, 0.3) is 0 Å². The molecule has 0 aliphatic carbocycles. The minimum absolute atomic E-state index is 0.109. The van der Waals surface area contributed by atoms with Gasteiger partial charge in [-0.3, -0.25) is 14.5 Å². The quantitative estimate of drug-likeness (QED) is 0.799. The Morgan fingerprint density at radius 3 is 2.29 bits per heavy atom. The minimum Gasteiger partial charge on any atom is -0.349 e. The van der Waals surface area contributed by atoms with Crippen molar-refractivity contribution >= 4 is 11.8 Å². The van der Waals surface area contributed by atoms with Gasteiger partial charge >= 0.3 is 0 Å². The average molecular weight is 331 g/mol. The molecule has 2 amide bonds. The Labute approximate surface area is 145 Å². The van der Waals surface area contributed by atoms with E-state index in [1.165, 1.54) is 0 Å². The minimum atomic E-state index is 0.109. The zero-order valence-electron chi connectivity index (χ0n) is 15.1. The number of hydrogen-bond donors (Lipinski definition) is 0. The van der Waals surface area contributed by atoms with Crippen LogP contribution in [0.3, 0.4) is 0 Å². The maximum atomic E-state index is 12.6. The van der Waals surface area contributed by atoms with Crippen molar-refractivity contribution in [1.82, 2.24) is 14.7 Å². The molecule has 1 aromatic carbocycles. The molecule has 1 heterocycles. The van der Waals surface area contributed by atoms with Gasteiger partial charge in [-0.2, -0.15) is 0 Å². The molecule has 1 aromatic rings. The van der Waals surface area contributed by atoms with Crippen molar-refractivity contribution in [3.8, 4) is 0 Å². The highest BCUT2D eigenvalue weighted by atomic mass is 16.2. The Bertz CT molecular complexity index is 537. The third kappa shape index (κ3) is 5.06. The van der Waals surface area contributed by atoms with Crippen LogP contribution in [0.25, 0.3) is 0 Å². The third-order valence-electron chi connectivity index (χ3n) is 4.69. The summed E-state index contributed by atoms with van der Waals surface area (Å²) in [5, 5.41) is 0. The summed E-state index contributed by atoms with van der Waals surface area (Å²) < 4.78 is 0. The molecule has 0 saturated carbocycles. The smallest absolute Gasteiger partial charge is 0.237 e. The van der Waals surface area contributed by atoms with Crippen LogP contribution >= 0.6 is 0 Å². The van der Waals surface area contributed by atoms with E-state index in [-0.39, 0.29) is 17.7 Å². The average Bonchev–Trinajstić information content (AvgIpc) is 2.60. The number of carbonyl (C=O) groups excluding carboxylic acids is 2. The molecule has 0 radical (unpaired) electrons. The second-order valence-corrected chi connectivity index (χ2v) is 6.68. The van der Waals surface area contributed by atoms with E-state index in [0.29, 0.717) is 19.6 Å². The predicted molar refractivity (Wildman–Crippen MR) is 95.4 cm³/mol. The Morgan fingerprint density at radius 1 is 1.12 bits per heavy atom. The number of piperidine rings is 1. The van der Waals surface area contributed by atoms with E-state index in [0.717, 1.165) is 31.5 Å². The molecule has 1 fully saturated rings. The van der Waals surface area contributed by atoms with Crippen LogP contribution in [-0.2, 0) is 16.1 Å². The van der Waals surface area contributed by atoms with E-state index in [9.17, 15) is 9.59 Å². The van der Waals surface area contributed by atoms with Gasteiger partial charge in [0.1, 0.15) is 0 Å². The summed E-state index contributed by atoms with van der Waals surface area (Å²) in [4.78, 5) is 30.3. The number of rotatable bonds is 6. The monoisotopic (exact) mass is 331 g/mol. The van der Waals surface area contributed by atoms with Gasteiger partial charge in [-0.25, -0.2) is 0 Å². The highest BCUT2D eigenvalue weighted by Gasteiger charge is 2.27. The van der Waals surface area contributed by atoms with Crippen LogP contribution in [-0.4, -0.2) is 66.8 Å². The topological polar surface area (TPSA) is 43.9 Å². The molecule has 0 atom stereocenters. The van der Waals surface area contributed by atoms with Gasteiger partial charge in [-0.1, -0.05) is 30.3 Å². The van der Waals surface area contributed by atoms with Crippen LogP contribution in [0, 0.1) is 5.92 Å². The molecule has 1 aliphatic rings. The van der Waals surface area contributed by atoms with Crippen molar-refractivity contribution in [1.29, 1.82) is 0 Å². The number of nitrogens with zero attached hydrogens (tertiary/aromatic N) is 3. The zero-order chi connectivity index (χ0) is 17.5. The molecule has 0 unspecified atom stereocenters. The molecule has 5 heteroatoms. The van der Waals surface area contributed by atoms with E-state index >= 15 is 0 Å². The lowest BCUT2D eigenvalue weighted by Crippen LogP contribution is -2.45. The van der Waals surface area contributed by atoms with Gasteiger partial charge in [0.2, 0.25) is 11.8 Å². The summed E-state index contributed by atoms with van der Waals surface area (Å²) in [7, 11) is 3.61. The van der Waals surface area contributed by atoms with Crippen molar-refractivity contribution in [2.24, 2.45) is 5.92 Å². The van der Waals surface area contributed by atoms with Crippen LogP contribution in [0.2, 0.25) is 0 Å². The second-order valence-electron chi connectivity index (χ2n) is 6.68. The molecule has 0 spiro atoms. The van der Waals surface area contributed by atoms with Gasteiger partial charge in [0.05, 0.1) is 6.54 Å². The van der Waals surface area contributed by atoms with Crippen molar-refractivity contribution in [3.63, 3.8) is 0 Å². The van der Waals surface area contributed by atoms with Crippen molar-refractivity contribution in [2.45, 2.75) is 26.3 Å². The maximum absolute atomic E-state index is 12.6. The molecule has 1 saturated heterocycles. The lowest BCUT2D eigenvalue weighted by atomic mass is 9.95. The van der Waals surface area contributed by atoms with Crippen LogP contribution in [0.5, 0.6) is 0 Å². The summed E-state index contributed by atoms with van der Waals surface area (Å²) in [6.07, 6.45) is 1.68. The highest BCUT2D eigenvalue weighted by molar-refractivity contribution is 5.79. The Morgan fingerprint density at radius 2 is 1.75 bits per heavy atom. The molecule has 0 aromatic heterocycles. The standard InChI is InChI=1S/C19H29N3O2/c1-4-22(14-16-8-6-5-7-9-16)18(23)15-21-12-10-17(11-13-21)19(24)20(2)3/h5-9,17H,4,10-15H2,1-3H3.